The largest absolute Gasteiger partial charge is 0.370 e. The molecule has 0 aliphatic rings. The minimum Gasteiger partial charge on any atom is -0.370 e. The molecule has 0 bridgehead atoms. The van der Waals surface area contributed by atoms with E-state index in [-0.39, 0.29) is 18.2 Å². The molecule has 0 radical (unpaired) electrons. The van der Waals surface area contributed by atoms with Crippen LogP contribution in [0.5, 0.6) is 0 Å². The Morgan fingerprint density at radius 3 is 2.50 bits per heavy atom. The number of nitrogens with zero attached hydrogens (tertiary/aromatic N) is 1. The summed E-state index contributed by atoms with van der Waals surface area (Å²) in [5.74, 6) is 0.0221. The average molecular weight is 302 g/mol. The van der Waals surface area contributed by atoms with Gasteiger partial charge >= 0.3 is 5.69 Å². The molecule has 4 N–H and O–H groups in total. The topological polar surface area (TPSA) is 110 Å². The molecule has 1 heterocycles. The second-order valence-electron chi connectivity index (χ2n) is 5.20. The van der Waals surface area contributed by atoms with E-state index in [0.29, 0.717) is 5.82 Å². The molecule has 116 valence electrons. The number of amides is 1. The van der Waals surface area contributed by atoms with Gasteiger partial charge < -0.3 is 11.1 Å². The molecular weight excluding hydrogens is 284 g/mol. The Bertz CT molecular complexity index is 758. The highest BCUT2D eigenvalue weighted by Gasteiger charge is 2.09. The SMILES string of the molecule is CC(CC(N)=O)c1ccc(Nc2cc(=O)n(C)c(=O)[nH]2)cc1. The number of carbonyl (C=O) groups is 1. The van der Waals surface area contributed by atoms with Gasteiger partial charge in [0.05, 0.1) is 0 Å². The molecule has 0 spiro atoms. The third-order valence-corrected chi connectivity index (χ3v) is 3.41. The number of aromatic nitrogens is 2. The summed E-state index contributed by atoms with van der Waals surface area (Å²) in [5, 5.41) is 2.96. The summed E-state index contributed by atoms with van der Waals surface area (Å²) in [6, 6.07) is 8.67. The zero-order valence-electron chi connectivity index (χ0n) is 12.4. The standard InChI is InChI=1S/C15H18N4O3/c1-9(7-12(16)20)10-3-5-11(6-4-10)17-13-8-14(21)19(2)15(22)18-13/h3-6,8-9,17H,7H2,1-2H3,(H2,16,20)(H,18,22). The minimum atomic E-state index is -0.485. The van der Waals surface area contributed by atoms with E-state index in [2.05, 4.69) is 10.3 Å². The van der Waals surface area contributed by atoms with Crippen molar-refractivity contribution in [3.05, 3.63) is 56.7 Å². The van der Waals surface area contributed by atoms with Crippen LogP contribution in [0.15, 0.2) is 39.9 Å². The molecule has 0 aliphatic heterocycles. The van der Waals surface area contributed by atoms with Crippen molar-refractivity contribution in [1.29, 1.82) is 0 Å². The van der Waals surface area contributed by atoms with E-state index >= 15 is 0 Å². The van der Waals surface area contributed by atoms with Gasteiger partial charge in [-0.1, -0.05) is 19.1 Å². The Kier molecular flexibility index (Phi) is 4.45. The van der Waals surface area contributed by atoms with E-state index in [1.807, 2.05) is 31.2 Å². The van der Waals surface area contributed by atoms with Crippen LogP contribution in [0.2, 0.25) is 0 Å². The second kappa shape index (κ2) is 6.30. The number of nitrogens with two attached hydrogens (primary N) is 1. The van der Waals surface area contributed by atoms with Crippen molar-refractivity contribution in [2.24, 2.45) is 12.8 Å². The Labute approximate surface area is 126 Å². The monoisotopic (exact) mass is 302 g/mol. The second-order valence-corrected chi connectivity index (χ2v) is 5.20. The maximum atomic E-state index is 11.6. The molecule has 1 amide bonds. The Balaban J connectivity index is 2.16. The fraction of sp³-hybridized carbons (Fsp3) is 0.267. The van der Waals surface area contributed by atoms with Crippen LogP contribution >= 0.6 is 0 Å². The van der Waals surface area contributed by atoms with Crippen molar-refractivity contribution >= 4 is 17.4 Å². The maximum absolute atomic E-state index is 11.6. The molecule has 2 aromatic rings. The molecule has 0 saturated carbocycles. The van der Waals surface area contributed by atoms with Gasteiger partial charge in [-0.2, -0.15) is 0 Å². The van der Waals surface area contributed by atoms with E-state index in [0.717, 1.165) is 15.8 Å². The first-order valence-electron chi connectivity index (χ1n) is 6.82. The van der Waals surface area contributed by atoms with Crippen molar-refractivity contribution in [2.45, 2.75) is 19.3 Å². The van der Waals surface area contributed by atoms with Gasteiger partial charge in [-0.25, -0.2) is 4.79 Å². The molecule has 2 rings (SSSR count). The quantitative estimate of drug-likeness (QED) is 0.758. The molecule has 1 aromatic heterocycles. The number of nitrogens with one attached hydrogen (secondary N) is 2. The summed E-state index contributed by atoms with van der Waals surface area (Å²) in [5.41, 5.74) is 6.02. The van der Waals surface area contributed by atoms with Crippen LogP contribution in [0.3, 0.4) is 0 Å². The molecular formula is C15H18N4O3. The molecule has 0 aliphatic carbocycles. The fourth-order valence-electron chi connectivity index (χ4n) is 2.09. The van der Waals surface area contributed by atoms with Crippen LogP contribution < -0.4 is 22.3 Å². The summed E-state index contributed by atoms with van der Waals surface area (Å²) in [4.78, 5) is 36.6. The molecule has 1 atom stereocenters. The molecule has 0 saturated heterocycles. The first-order valence-corrected chi connectivity index (χ1v) is 6.82. The molecule has 7 nitrogen and oxygen atoms in total. The summed E-state index contributed by atoms with van der Waals surface area (Å²) >= 11 is 0. The van der Waals surface area contributed by atoms with E-state index in [9.17, 15) is 14.4 Å². The number of aromatic amines is 1. The maximum Gasteiger partial charge on any atom is 0.329 e. The van der Waals surface area contributed by atoms with Gasteiger partial charge in [-0.15, -0.1) is 0 Å². The number of rotatable bonds is 5. The van der Waals surface area contributed by atoms with E-state index in [1.165, 1.54) is 13.1 Å². The molecule has 0 fully saturated rings. The third-order valence-electron chi connectivity index (χ3n) is 3.41. The Hall–Kier alpha value is -2.83. The van der Waals surface area contributed by atoms with Gasteiger partial charge in [-0.3, -0.25) is 19.1 Å². The Morgan fingerprint density at radius 1 is 1.32 bits per heavy atom. The number of H-pyrrole nitrogens is 1. The molecule has 1 aromatic carbocycles. The van der Waals surface area contributed by atoms with Crippen LogP contribution in [0.4, 0.5) is 11.5 Å². The molecule has 1 unspecified atom stereocenters. The zero-order chi connectivity index (χ0) is 16.3. The Morgan fingerprint density at radius 2 is 1.95 bits per heavy atom. The lowest BCUT2D eigenvalue weighted by atomic mass is 9.97. The first-order chi connectivity index (χ1) is 10.4. The van der Waals surface area contributed by atoms with E-state index < -0.39 is 11.2 Å². The number of anilines is 2. The van der Waals surface area contributed by atoms with Crippen molar-refractivity contribution in [3.8, 4) is 0 Å². The van der Waals surface area contributed by atoms with Gasteiger partial charge in [0.15, 0.2) is 0 Å². The van der Waals surface area contributed by atoms with Gasteiger partial charge in [0, 0.05) is 25.2 Å². The van der Waals surface area contributed by atoms with Crippen LogP contribution in [0.25, 0.3) is 0 Å². The number of hydrogen-bond acceptors (Lipinski definition) is 4. The predicted molar refractivity (Wildman–Crippen MR) is 84.3 cm³/mol. The number of carbonyl (C=O) groups excluding carboxylic acids is 1. The van der Waals surface area contributed by atoms with Gasteiger partial charge in [0.25, 0.3) is 5.56 Å². The van der Waals surface area contributed by atoms with Crippen LogP contribution in [0, 0.1) is 0 Å². The van der Waals surface area contributed by atoms with Crippen molar-refractivity contribution in [2.75, 3.05) is 5.32 Å². The van der Waals surface area contributed by atoms with Gasteiger partial charge in [-0.05, 0) is 23.6 Å². The lowest BCUT2D eigenvalue weighted by molar-refractivity contribution is -0.118. The normalized spacial score (nSPS) is 11.9. The van der Waals surface area contributed by atoms with Crippen LogP contribution in [-0.4, -0.2) is 15.5 Å². The van der Waals surface area contributed by atoms with Crippen molar-refractivity contribution in [1.82, 2.24) is 9.55 Å². The van der Waals surface area contributed by atoms with Crippen molar-refractivity contribution in [3.63, 3.8) is 0 Å². The minimum absolute atomic E-state index is 0.0374. The molecule has 7 heteroatoms. The third kappa shape index (κ3) is 3.63. The van der Waals surface area contributed by atoms with Crippen LogP contribution in [0.1, 0.15) is 24.8 Å². The predicted octanol–water partition coefficient (Wildman–Crippen LogP) is 0.796. The highest BCUT2D eigenvalue weighted by molar-refractivity contribution is 5.74. The lowest BCUT2D eigenvalue weighted by Crippen LogP contribution is -2.32. The highest BCUT2D eigenvalue weighted by atomic mass is 16.2. The summed E-state index contributed by atoms with van der Waals surface area (Å²) in [7, 11) is 1.40. The van der Waals surface area contributed by atoms with E-state index in [4.69, 9.17) is 5.73 Å². The summed E-state index contributed by atoms with van der Waals surface area (Å²) < 4.78 is 0.986. The smallest absolute Gasteiger partial charge is 0.329 e. The van der Waals surface area contributed by atoms with E-state index in [1.54, 1.807) is 0 Å². The van der Waals surface area contributed by atoms with Gasteiger partial charge in [0.2, 0.25) is 5.91 Å². The highest BCUT2D eigenvalue weighted by Crippen LogP contribution is 2.21. The van der Waals surface area contributed by atoms with Gasteiger partial charge in [0.1, 0.15) is 5.82 Å². The summed E-state index contributed by atoms with van der Waals surface area (Å²) in [6.07, 6.45) is 0.287. The first kappa shape index (κ1) is 15.6. The van der Waals surface area contributed by atoms with Crippen LogP contribution in [-0.2, 0) is 11.8 Å². The van der Waals surface area contributed by atoms with Crippen molar-refractivity contribution < 1.29 is 4.79 Å². The number of hydrogen-bond donors (Lipinski definition) is 3. The number of primary amides is 1. The molecule has 22 heavy (non-hydrogen) atoms. The fourth-order valence-corrected chi connectivity index (χ4v) is 2.09. The number of benzene rings is 1. The average Bonchev–Trinajstić information content (AvgIpc) is 2.44. The lowest BCUT2D eigenvalue weighted by Gasteiger charge is -2.11. The summed E-state index contributed by atoms with van der Waals surface area (Å²) in [6.45, 7) is 1.92. The zero-order valence-corrected chi connectivity index (χ0v) is 12.4.